The van der Waals surface area contributed by atoms with Gasteiger partial charge in [0, 0.05) is 41.8 Å². The number of allylic oxidation sites excluding steroid dienone is 1. The zero-order chi connectivity index (χ0) is 32.9. The lowest BCUT2D eigenvalue weighted by Crippen LogP contribution is -2.58. The molecule has 1 aromatic heterocycles. The summed E-state index contributed by atoms with van der Waals surface area (Å²) in [6, 6.07) is 6.29. The number of hydrogen-bond acceptors (Lipinski definition) is 7. The van der Waals surface area contributed by atoms with E-state index in [1.54, 1.807) is 6.20 Å². The van der Waals surface area contributed by atoms with Crippen molar-refractivity contribution in [3.63, 3.8) is 0 Å². The van der Waals surface area contributed by atoms with Crippen molar-refractivity contribution in [2.45, 2.75) is 96.1 Å². The molecule has 4 aliphatic carbocycles. The number of aromatic nitrogens is 1. The van der Waals surface area contributed by atoms with Crippen molar-refractivity contribution in [1.82, 2.24) is 10.3 Å². The van der Waals surface area contributed by atoms with Crippen LogP contribution in [-0.4, -0.2) is 62.9 Å². The lowest BCUT2D eigenvalue weighted by Gasteiger charge is -2.58. The molecule has 4 N–H and O–H groups in total. The van der Waals surface area contributed by atoms with Crippen LogP contribution in [0.4, 0.5) is 0 Å². The topological polar surface area (TPSA) is 163 Å². The minimum atomic E-state index is -1.60. The van der Waals surface area contributed by atoms with Gasteiger partial charge in [-0.2, -0.15) is 0 Å². The van der Waals surface area contributed by atoms with E-state index in [1.807, 2.05) is 37.3 Å². The summed E-state index contributed by atoms with van der Waals surface area (Å²) in [6.07, 6.45) is 8.92. The van der Waals surface area contributed by atoms with Crippen molar-refractivity contribution in [1.29, 1.82) is 0 Å². The Morgan fingerprint density at radius 3 is 2.57 bits per heavy atom. The van der Waals surface area contributed by atoms with E-state index < -0.39 is 47.3 Å². The number of rotatable bonds is 10. The van der Waals surface area contributed by atoms with Gasteiger partial charge in [-0.15, -0.1) is 0 Å². The van der Waals surface area contributed by atoms with Gasteiger partial charge < -0.3 is 25.3 Å². The SMILES string of the molecule is C[C@]12CCC(=O)C=C1CC[C@H]1[C@H]2CC[C@@]2(C)[C@H]1CC[C@]2(O)C(=O)COC(=O)CCC(=O)N[C@@H](Cc1c[nH]c2ccccc12)C(=O)O. The van der Waals surface area contributed by atoms with Crippen LogP contribution >= 0.6 is 0 Å². The predicted octanol–water partition coefficient (Wildman–Crippen LogP) is 4.44. The van der Waals surface area contributed by atoms with Crippen molar-refractivity contribution in [2.24, 2.45) is 28.6 Å². The van der Waals surface area contributed by atoms with Crippen molar-refractivity contribution >= 4 is 40.3 Å². The third-order valence-corrected chi connectivity index (χ3v) is 12.2. The minimum Gasteiger partial charge on any atom is -0.480 e. The molecule has 10 nitrogen and oxygen atoms in total. The van der Waals surface area contributed by atoms with E-state index in [0.29, 0.717) is 31.1 Å². The molecule has 1 heterocycles. The number of carbonyl (C=O) groups excluding carboxylic acids is 4. The van der Waals surface area contributed by atoms with Crippen LogP contribution in [0.3, 0.4) is 0 Å². The number of para-hydroxylation sites is 1. The smallest absolute Gasteiger partial charge is 0.326 e. The van der Waals surface area contributed by atoms with E-state index in [9.17, 15) is 34.2 Å². The average molecular weight is 633 g/mol. The molecule has 1 aromatic carbocycles. The molecule has 1 amide bonds. The number of H-pyrrole nitrogens is 1. The molecule has 3 fully saturated rings. The summed E-state index contributed by atoms with van der Waals surface area (Å²) in [5.74, 6) is -1.90. The number of aromatic amines is 1. The summed E-state index contributed by atoms with van der Waals surface area (Å²) in [6.45, 7) is 3.74. The number of carboxylic acid groups (broad SMARTS) is 1. The zero-order valence-corrected chi connectivity index (χ0v) is 26.6. The molecular formula is C36H44N2O8. The van der Waals surface area contributed by atoms with Crippen molar-refractivity contribution in [2.75, 3.05) is 6.61 Å². The quantitative estimate of drug-likeness (QED) is 0.280. The number of benzene rings is 1. The molecule has 46 heavy (non-hydrogen) atoms. The van der Waals surface area contributed by atoms with Crippen molar-refractivity contribution in [3.8, 4) is 0 Å². The van der Waals surface area contributed by atoms with E-state index in [1.165, 1.54) is 5.57 Å². The Balaban J connectivity index is 1.01. The molecule has 6 rings (SSSR count). The third kappa shape index (κ3) is 5.48. The summed E-state index contributed by atoms with van der Waals surface area (Å²) < 4.78 is 5.26. The Morgan fingerprint density at radius 2 is 1.78 bits per heavy atom. The zero-order valence-electron chi connectivity index (χ0n) is 26.6. The molecule has 0 spiro atoms. The Labute approximate surface area is 268 Å². The second-order valence-corrected chi connectivity index (χ2v) is 14.4. The molecule has 3 saturated carbocycles. The number of nitrogens with one attached hydrogen (secondary N) is 2. The first-order chi connectivity index (χ1) is 21.9. The molecule has 4 aliphatic rings. The number of esters is 1. The molecule has 0 radical (unpaired) electrons. The van der Waals surface area contributed by atoms with Gasteiger partial charge >= 0.3 is 11.9 Å². The largest absolute Gasteiger partial charge is 0.480 e. The summed E-state index contributed by atoms with van der Waals surface area (Å²) in [5.41, 5.74) is 0.646. The number of ketones is 2. The van der Waals surface area contributed by atoms with Gasteiger partial charge in [0.1, 0.15) is 11.6 Å². The first-order valence-corrected chi connectivity index (χ1v) is 16.6. The van der Waals surface area contributed by atoms with Gasteiger partial charge in [-0.1, -0.05) is 37.6 Å². The fourth-order valence-electron chi connectivity index (χ4n) is 9.57. The van der Waals surface area contributed by atoms with E-state index in [0.717, 1.165) is 48.6 Å². The second-order valence-electron chi connectivity index (χ2n) is 14.4. The van der Waals surface area contributed by atoms with Crippen LogP contribution in [0, 0.1) is 28.6 Å². The van der Waals surface area contributed by atoms with Gasteiger partial charge in [0.25, 0.3) is 0 Å². The Bertz CT molecular complexity index is 1610. The van der Waals surface area contributed by atoms with Crippen molar-refractivity contribution < 1.29 is 38.9 Å². The van der Waals surface area contributed by atoms with Crippen LogP contribution < -0.4 is 5.32 Å². The van der Waals surface area contributed by atoms with E-state index in [-0.39, 0.29) is 36.4 Å². The number of ether oxygens (including phenoxy) is 1. The summed E-state index contributed by atoms with van der Waals surface area (Å²) in [4.78, 5) is 65.7. The Kier molecular flexibility index (Phi) is 8.46. The number of carboxylic acids is 1. The van der Waals surface area contributed by atoms with Crippen LogP contribution in [0.1, 0.15) is 83.6 Å². The van der Waals surface area contributed by atoms with Gasteiger partial charge in [0.15, 0.2) is 12.4 Å². The van der Waals surface area contributed by atoms with Gasteiger partial charge in [-0.25, -0.2) is 4.79 Å². The van der Waals surface area contributed by atoms with E-state index >= 15 is 0 Å². The number of fused-ring (bicyclic) bond motifs is 6. The van der Waals surface area contributed by atoms with Crippen LogP contribution in [0.15, 0.2) is 42.1 Å². The van der Waals surface area contributed by atoms with Crippen LogP contribution in [0.25, 0.3) is 10.9 Å². The summed E-state index contributed by atoms with van der Waals surface area (Å²) >= 11 is 0. The summed E-state index contributed by atoms with van der Waals surface area (Å²) in [7, 11) is 0. The van der Waals surface area contributed by atoms with Gasteiger partial charge in [0.2, 0.25) is 11.7 Å². The first-order valence-electron chi connectivity index (χ1n) is 16.6. The lowest BCUT2D eigenvalue weighted by atomic mass is 9.46. The van der Waals surface area contributed by atoms with Gasteiger partial charge in [-0.05, 0) is 85.8 Å². The molecule has 0 aliphatic heterocycles. The number of aliphatic hydroxyl groups is 1. The molecule has 0 saturated heterocycles. The maximum absolute atomic E-state index is 13.5. The average Bonchev–Trinajstić information content (AvgIpc) is 3.56. The Hall–Kier alpha value is -3.79. The minimum absolute atomic E-state index is 0.00834. The maximum atomic E-state index is 13.5. The predicted molar refractivity (Wildman–Crippen MR) is 168 cm³/mol. The highest BCUT2D eigenvalue weighted by Gasteiger charge is 2.66. The molecule has 246 valence electrons. The van der Waals surface area contributed by atoms with Gasteiger partial charge in [-0.3, -0.25) is 19.2 Å². The van der Waals surface area contributed by atoms with Crippen LogP contribution in [0.2, 0.25) is 0 Å². The van der Waals surface area contributed by atoms with E-state index in [4.69, 9.17) is 4.74 Å². The number of Topliss-reactive ketones (excluding diaryl/α,β-unsaturated/α-hetero) is 1. The number of hydrogen-bond donors (Lipinski definition) is 4. The monoisotopic (exact) mass is 632 g/mol. The fourth-order valence-corrected chi connectivity index (χ4v) is 9.57. The van der Waals surface area contributed by atoms with Crippen LogP contribution in [-0.2, 0) is 35.1 Å². The highest BCUT2D eigenvalue weighted by Crippen LogP contribution is 2.67. The van der Waals surface area contributed by atoms with E-state index in [2.05, 4.69) is 17.2 Å². The van der Waals surface area contributed by atoms with Crippen LogP contribution in [0.5, 0.6) is 0 Å². The molecular weight excluding hydrogens is 588 g/mol. The number of carbonyl (C=O) groups is 5. The number of amides is 1. The normalized spacial score (nSPS) is 32.5. The third-order valence-electron chi connectivity index (χ3n) is 12.2. The van der Waals surface area contributed by atoms with Gasteiger partial charge in [0.05, 0.1) is 6.42 Å². The maximum Gasteiger partial charge on any atom is 0.326 e. The molecule has 2 aromatic rings. The molecule has 0 bridgehead atoms. The highest BCUT2D eigenvalue weighted by atomic mass is 16.5. The summed E-state index contributed by atoms with van der Waals surface area (Å²) in [5, 5.41) is 24.9. The fraction of sp³-hybridized carbons (Fsp3) is 0.583. The van der Waals surface area contributed by atoms with Crippen molar-refractivity contribution in [3.05, 3.63) is 47.7 Å². The standard InChI is InChI=1S/C36H44N2O8/c1-34-14-11-23(39)18-22(34)7-8-25-26(34)12-15-35(2)27(25)13-16-36(35,45)30(40)20-46-32(42)10-9-31(41)38-29(33(43)44)17-21-19-37-28-6-4-3-5-24(21)28/h3-6,18-19,25-27,29,37,45H,7-17,20H2,1-2H3,(H,38,41)(H,43,44)/t25-,26+,27-,29-,34-,35-,36-/m0/s1. The first kappa shape index (κ1) is 32.2. The molecule has 7 atom stereocenters. The second kappa shape index (κ2) is 12.1. The molecule has 10 heteroatoms. The number of aliphatic carboxylic acids is 1. The molecule has 0 unspecified atom stereocenters. The highest BCUT2D eigenvalue weighted by molar-refractivity contribution is 5.92. The lowest BCUT2D eigenvalue weighted by molar-refractivity contribution is -0.170. The Morgan fingerprint density at radius 1 is 1.02 bits per heavy atom.